The Morgan fingerprint density at radius 3 is 1.88 bits per heavy atom. The lowest BCUT2D eigenvalue weighted by Crippen LogP contribution is -2.24. The van der Waals surface area contributed by atoms with Gasteiger partial charge in [-0.3, -0.25) is 0 Å². The Hall–Kier alpha value is 0.606. The summed E-state index contributed by atoms with van der Waals surface area (Å²) in [7, 11) is 0. The van der Waals surface area contributed by atoms with Crippen molar-refractivity contribution < 1.29 is 20.0 Å². The van der Waals surface area contributed by atoms with Gasteiger partial charge in [0.25, 0.3) is 0 Å². The minimum absolute atomic E-state index is 0. The Balaban J connectivity index is 0.000000490. The van der Waals surface area contributed by atoms with Crippen LogP contribution in [0.4, 0.5) is 0 Å². The Morgan fingerprint density at radius 1 is 1.50 bits per heavy atom. The lowest BCUT2D eigenvalue weighted by atomic mass is 10.4. The molecule has 4 nitrogen and oxygen atoms in total. The first-order valence-electron chi connectivity index (χ1n) is 1.92. The van der Waals surface area contributed by atoms with E-state index in [1.54, 1.807) is 0 Å². The summed E-state index contributed by atoms with van der Waals surface area (Å²) in [5.41, 5.74) is 0. The molecule has 1 heterocycles. The maximum atomic E-state index is 8.51. The molecule has 1 aliphatic rings. The number of hydrogen-bond donors (Lipinski definition) is 2. The van der Waals surface area contributed by atoms with E-state index in [0.29, 0.717) is 0 Å². The average molecular weight is 132 g/mol. The molecule has 0 amide bonds. The largest absolute Gasteiger partial charge is 0.385 e. The molecule has 0 saturated carbocycles. The van der Waals surface area contributed by atoms with E-state index in [-0.39, 0.29) is 23.1 Å². The van der Waals surface area contributed by atoms with Crippen molar-refractivity contribution >= 4 is 23.1 Å². The molecule has 0 spiro atoms. The van der Waals surface area contributed by atoms with Crippen molar-refractivity contribution in [3.05, 3.63) is 0 Å². The van der Waals surface area contributed by atoms with Gasteiger partial charge in [0, 0.05) is 0 Å². The van der Waals surface area contributed by atoms with E-state index in [0.717, 1.165) is 0 Å². The molecule has 1 atom stereocenters. The highest BCUT2D eigenvalue weighted by atomic mass is 24.3. The first-order chi connectivity index (χ1) is 3.15. The summed E-state index contributed by atoms with van der Waals surface area (Å²) in [6.45, 7) is 1.37. The minimum atomic E-state index is -1.69. The molecule has 2 N–H and O–H groups in total. The quantitative estimate of drug-likeness (QED) is 0.247. The van der Waals surface area contributed by atoms with Crippen LogP contribution < -0.4 is 0 Å². The fraction of sp³-hybridized carbons (Fsp3) is 1.00. The van der Waals surface area contributed by atoms with E-state index in [1.165, 1.54) is 6.92 Å². The maximum absolute atomic E-state index is 8.51. The molecular formula is C3H8MgO4. The topological polar surface area (TPSA) is 65.5 Å². The third-order valence-electron chi connectivity index (χ3n) is 0.782. The summed E-state index contributed by atoms with van der Waals surface area (Å²) in [4.78, 5) is 7.93. The Morgan fingerprint density at radius 2 is 1.88 bits per heavy atom. The van der Waals surface area contributed by atoms with Gasteiger partial charge in [0.15, 0.2) is 0 Å². The van der Waals surface area contributed by atoms with Crippen LogP contribution in [0.3, 0.4) is 0 Å². The minimum Gasteiger partial charge on any atom is -0.385 e. The van der Waals surface area contributed by atoms with Gasteiger partial charge >= 0.3 is 29.0 Å². The van der Waals surface area contributed by atoms with Crippen molar-refractivity contribution in [2.75, 3.05) is 0 Å². The van der Waals surface area contributed by atoms with Gasteiger partial charge in [0.1, 0.15) is 6.10 Å². The lowest BCUT2D eigenvalue weighted by molar-refractivity contribution is -0.0738. The van der Waals surface area contributed by atoms with E-state index >= 15 is 0 Å². The van der Waals surface area contributed by atoms with Gasteiger partial charge in [-0.1, -0.05) is 0 Å². The monoisotopic (exact) mass is 132 g/mol. The molecule has 8 heavy (non-hydrogen) atoms. The van der Waals surface area contributed by atoms with Crippen LogP contribution >= 0.6 is 0 Å². The fourth-order valence-electron chi connectivity index (χ4n) is 0.182. The van der Waals surface area contributed by atoms with E-state index in [4.69, 9.17) is 10.2 Å². The molecule has 1 aliphatic heterocycles. The van der Waals surface area contributed by atoms with Crippen molar-refractivity contribution in [2.24, 2.45) is 0 Å². The number of aliphatic hydroxyl groups is 2. The van der Waals surface area contributed by atoms with Crippen LogP contribution in [-0.4, -0.2) is 45.3 Å². The predicted octanol–water partition coefficient (Wildman–Crippen LogP) is -1.94. The molecule has 5 heteroatoms. The van der Waals surface area contributed by atoms with Crippen molar-refractivity contribution in [3.8, 4) is 0 Å². The normalized spacial score (nSPS) is 25.9. The first kappa shape index (κ1) is 8.61. The molecule has 0 aromatic carbocycles. The smallest absolute Gasteiger partial charge is 0.363 e. The average Bonchev–Trinajstić information content (AvgIpc) is 2.21. The Kier molecular flexibility index (Phi) is 2.65. The molecule has 0 bridgehead atoms. The van der Waals surface area contributed by atoms with E-state index < -0.39 is 12.1 Å². The van der Waals surface area contributed by atoms with Crippen molar-refractivity contribution in [2.45, 2.75) is 19.0 Å². The van der Waals surface area contributed by atoms with E-state index in [1.807, 2.05) is 0 Å². The molecule has 0 aromatic rings. The van der Waals surface area contributed by atoms with Gasteiger partial charge in [-0.15, -0.1) is 0 Å². The van der Waals surface area contributed by atoms with Gasteiger partial charge in [-0.05, 0) is 6.92 Å². The molecule has 1 saturated heterocycles. The van der Waals surface area contributed by atoms with Gasteiger partial charge in [0.05, 0.1) is 0 Å². The van der Waals surface area contributed by atoms with Crippen molar-refractivity contribution in [3.63, 3.8) is 0 Å². The second-order valence-electron chi connectivity index (χ2n) is 1.47. The van der Waals surface area contributed by atoms with Gasteiger partial charge in [-0.2, -0.15) is 9.78 Å². The van der Waals surface area contributed by atoms with Gasteiger partial charge < -0.3 is 10.2 Å². The zero-order valence-corrected chi connectivity index (χ0v) is 3.79. The molecule has 0 aromatic heterocycles. The SMILES string of the molecule is CC(O)C1(O)OO1.[MgH2]. The van der Waals surface area contributed by atoms with Gasteiger partial charge in [-0.25, -0.2) is 0 Å². The molecule has 1 unspecified atom stereocenters. The van der Waals surface area contributed by atoms with Gasteiger partial charge in [0.2, 0.25) is 0 Å². The summed E-state index contributed by atoms with van der Waals surface area (Å²) in [5.74, 6) is -1.69. The summed E-state index contributed by atoms with van der Waals surface area (Å²) in [6.07, 6.45) is -0.979. The summed E-state index contributed by atoms with van der Waals surface area (Å²) >= 11 is 0. The summed E-state index contributed by atoms with van der Waals surface area (Å²) in [5, 5.41) is 17.0. The lowest BCUT2D eigenvalue weighted by Gasteiger charge is -1.98. The van der Waals surface area contributed by atoms with Crippen LogP contribution in [0.2, 0.25) is 0 Å². The van der Waals surface area contributed by atoms with Crippen molar-refractivity contribution in [1.29, 1.82) is 0 Å². The third kappa shape index (κ3) is 1.54. The zero-order chi connectivity index (χ0) is 5.49. The van der Waals surface area contributed by atoms with Crippen LogP contribution in [-0.2, 0) is 9.78 Å². The molecule has 1 fully saturated rings. The standard InChI is InChI=1S/C3H6O4.Mg.2H/c1-2(4)3(5)6-7-3;;;/h2,4-5H,1H3;;;. The molecular weight excluding hydrogens is 124 g/mol. The molecule has 0 radical (unpaired) electrons. The summed E-state index contributed by atoms with van der Waals surface area (Å²) < 4.78 is 0. The molecule has 46 valence electrons. The highest BCUT2D eigenvalue weighted by Gasteiger charge is 2.52. The molecule has 0 aliphatic carbocycles. The second-order valence-corrected chi connectivity index (χ2v) is 1.47. The third-order valence-corrected chi connectivity index (χ3v) is 0.782. The van der Waals surface area contributed by atoms with Crippen LogP contribution in [0.1, 0.15) is 6.92 Å². The van der Waals surface area contributed by atoms with Crippen LogP contribution in [0.5, 0.6) is 0 Å². The summed E-state index contributed by atoms with van der Waals surface area (Å²) in [6, 6.07) is 0. The Bertz CT molecular complexity index is 79.4. The molecule has 1 rings (SSSR count). The van der Waals surface area contributed by atoms with Crippen molar-refractivity contribution in [1.82, 2.24) is 0 Å². The predicted molar refractivity (Wildman–Crippen MR) is 27.3 cm³/mol. The zero-order valence-electron chi connectivity index (χ0n) is 3.79. The highest BCUT2D eigenvalue weighted by molar-refractivity contribution is 5.75. The Labute approximate surface area is 62.5 Å². The van der Waals surface area contributed by atoms with Crippen LogP contribution in [0.15, 0.2) is 0 Å². The fourth-order valence-corrected chi connectivity index (χ4v) is 0.182. The van der Waals surface area contributed by atoms with E-state index in [9.17, 15) is 0 Å². The number of aliphatic hydroxyl groups excluding tert-OH is 1. The first-order valence-corrected chi connectivity index (χ1v) is 1.92. The maximum Gasteiger partial charge on any atom is 0.363 e. The second kappa shape index (κ2) is 2.46. The number of rotatable bonds is 1. The van der Waals surface area contributed by atoms with Crippen LogP contribution in [0.25, 0.3) is 0 Å². The van der Waals surface area contributed by atoms with E-state index in [2.05, 4.69) is 9.78 Å². The number of hydrogen-bond acceptors (Lipinski definition) is 4. The highest BCUT2D eigenvalue weighted by Crippen LogP contribution is 2.28. The van der Waals surface area contributed by atoms with Crippen LogP contribution in [0, 0.1) is 0 Å².